The van der Waals surface area contributed by atoms with Crippen molar-refractivity contribution in [3.8, 4) is 5.75 Å². The molecule has 146 valence electrons. The lowest BCUT2D eigenvalue weighted by molar-refractivity contribution is -0.0236. The number of aryl methyl sites for hydroxylation is 2. The van der Waals surface area contributed by atoms with Crippen LogP contribution in [0.3, 0.4) is 0 Å². The van der Waals surface area contributed by atoms with Crippen LogP contribution in [0.25, 0.3) is 11.0 Å². The summed E-state index contributed by atoms with van der Waals surface area (Å²) in [5, 5.41) is 11.7. The molecule has 1 saturated carbocycles. The van der Waals surface area contributed by atoms with E-state index in [1.807, 2.05) is 44.4 Å². The third-order valence-corrected chi connectivity index (χ3v) is 6.11. The van der Waals surface area contributed by atoms with Crippen molar-refractivity contribution in [3.05, 3.63) is 42.0 Å². The zero-order chi connectivity index (χ0) is 19.3. The van der Waals surface area contributed by atoms with Crippen LogP contribution in [-0.2, 0) is 0 Å². The molecule has 0 amide bonds. The van der Waals surface area contributed by atoms with Crippen LogP contribution in [0.2, 0.25) is 0 Å². The van der Waals surface area contributed by atoms with Gasteiger partial charge < -0.3 is 19.7 Å². The molecule has 4 atom stereocenters. The minimum atomic E-state index is -0.464. The lowest BCUT2D eigenvalue weighted by Gasteiger charge is -2.35. The third-order valence-electron chi connectivity index (χ3n) is 6.11. The highest BCUT2D eigenvalue weighted by Gasteiger charge is 2.43. The first-order valence-corrected chi connectivity index (χ1v) is 9.91. The maximum Gasteiger partial charge on any atom is 0.227 e. The fourth-order valence-corrected chi connectivity index (χ4v) is 4.62. The van der Waals surface area contributed by atoms with E-state index in [-0.39, 0.29) is 6.10 Å². The number of hydrogen-bond donors (Lipinski definition) is 2. The van der Waals surface area contributed by atoms with E-state index < -0.39 is 6.10 Å². The van der Waals surface area contributed by atoms with Gasteiger partial charge in [0.15, 0.2) is 0 Å². The molecule has 0 radical (unpaired) electrons. The number of rotatable bonds is 3. The van der Waals surface area contributed by atoms with Crippen molar-refractivity contribution in [1.29, 1.82) is 0 Å². The van der Waals surface area contributed by atoms with Gasteiger partial charge in [-0.1, -0.05) is 0 Å². The SMILES string of the molecule is Cc1ccc(O[C@@H]2C[C@@H]3CN(c4ncc5cc[nH]c5n4)C[C@@H]3C[C@H]2O)c(C)n1. The van der Waals surface area contributed by atoms with Crippen LogP contribution < -0.4 is 9.64 Å². The molecule has 0 spiro atoms. The van der Waals surface area contributed by atoms with Gasteiger partial charge >= 0.3 is 0 Å². The summed E-state index contributed by atoms with van der Waals surface area (Å²) in [4.78, 5) is 19.1. The first kappa shape index (κ1) is 17.4. The van der Waals surface area contributed by atoms with Gasteiger partial charge in [-0.3, -0.25) is 4.98 Å². The Morgan fingerprint density at radius 1 is 1.11 bits per heavy atom. The van der Waals surface area contributed by atoms with E-state index in [2.05, 4.69) is 24.8 Å². The van der Waals surface area contributed by atoms with Crippen molar-refractivity contribution in [2.45, 2.75) is 38.9 Å². The zero-order valence-electron chi connectivity index (χ0n) is 16.2. The number of aromatic amines is 1. The van der Waals surface area contributed by atoms with Gasteiger partial charge in [-0.05, 0) is 56.7 Å². The summed E-state index contributed by atoms with van der Waals surface area (Å²) in [6.45, 7) is 5.70. The van der Waals surface area contributed by atoms with Crippen LogP contribution in [0.4, 0.5) is 5.95 Å². The summed E-state index contributed by atoms with van der Waals surface area (Å²) in [5.74, 6) is 2.43. The molecule has 28 heavy (non-hydrogen) atoms. The number of ether oxygens (including phenoxy) is 1. The summed E-state index contributed by atoms with van der Waals surface area (Å²) >= 11 is 0. The molecule has 0 aromatic carbocycles. The highest BCUT2D eigenvalue weighted by Crippen LogP contribution is 2.39. The molecule has 1 aliphatic carbocycles. The number of hydrogen-bond acceptors (Lipinski definition) is 6. The number of pyridine rings is 1. The fraction of sp³-hybridized carbons (Fsp3) is 0.476. The van der Waals surface area contributed by atoms with Gasteiger partial charge in [-0.25, -0.2) is 4.98 Å². The van der Waals surface area contributed by atoms with Crippen molar-refractivity contribution in [1.82, 2.24) is 19.9 Å². The predicted octanol–water partition coefficient (Wildman–Crippen LogP) is 2.62. The second-order valence-electron chi connectivity index (χ2n) is 8.11. The summed E-state index contributed by atoms with van der Waals surface area (Å²) in [6, 6.07) is 5.88. The van der Waals surface area contributed by atoms with Gasteiger partial charge in [-0.2, -0.15) is 4.98 Å². The maximum absolute atomic E-state index is 10.7. The van der Waals surface area contributed by atoms with E-state index in [1.165, 1.54) is 0 Å². The number of aliphatic hydroxyl groups is 1. The molecule has 3 aromatic heterocycles. The molecular weight excluding hydrogens is 354 g/mol. The Bertz CT molecular complexity index is 1000. The Kier molecular flexibility index (Phi) is 4.19. The summed E-state index contributed by atoms with van der Waals surface area (Å²) in [5.41, 5.74) is 2.71. The molecule has 0 bridgehead atoms. The first-order chi connectivity index (χ1) is 13.6. The average Bonchev–Trinajstić information content (AvgIpc) is 3.29. The normalized spacial score (nSPS) is 27.2. The molecule has 2 fully saturated rings. The maximum atomic E-state index is 10.7. The first-order valence-electron chi connectivity index (χ1n) is 9.91. The predicted molar refractivity (Wildman–Crippen MR) is 106 cm³/mol. The molecular formula is C21H25N5O2. The number of nitrogens with one attached hydrogen (secondary N) is 1. The highest BCUT2D eigenvalue weighted by atomic mass is 16.5. The monoisotopic (exact) mass is 379 g/mol. The van der Waals surface area contributed by atoms with E-state index >= 15 is 0 Å². The Morgan fingerprint density at radius 3 is 2.75 bits per heavy atom. The highest BCUT2D eigenvalue weighted by molar-refractivity contribution is 5.75. The van der Waals surface area contributed by atoms with E-state index in [4.69, 9.17) is 4.74 Å². The minimum Gasteiger partial charge on any atom is -0.486 e. The van der Waals surface area contributed by atoms with E-state index in [9.17, 15) is 5.11 Å². The standard InChI is InChI=1S/C21H25N5O2/c1-12-3-4-18(13(2)24-12)28-19-8-16-11-26(10-15(16)7-17(19)27)21-23-9-14-5-6-22-20(14)25-21/h3-6,9,15-17,19,27H,7-8,10-11H2,1-2H3,(H,22,23,25)/t15-,16+,17+,19+/m0/s1. The van der Waals surface area contributed by atoms with Crippen LogP contribution in [0, 0.1) is 25.7 Å². The number of aliphatic hydroxyl groups excluding tert-OH is 1. The number of fused-ring (bicyclic) bond motifs is 2. The number of anilines is 1. The number of aromatic nitrogens is 4. The molecule has 2 N–H and O–H groups in total. The van der Waals surface area contributed by atoms with E-state index in [1.54, 1.807) is 0 Å². The van der Waals surface area contributed by atoms with Crippen LogP contribution in [0.5, 0.6) is 5.75 Å². The summed E-state index contributed by atoms with van der Waals surface area (Å²) in [7, 11) is 0. The molecule has 4 heterocycles. The Balaban J connectivity index is 1.31. The quantitative estimate of drug-likeness (QED) is 0.727. The molecule has 1 aliphatic heterocycles. The van der Waals surface area contributed by atoms with Crippen LogP contribution in [0.1, 0.15) is 24.2 Å². The lowest BCUT2D eigenvalue weighted by atomic mass is 9.78. The number of nitrogens with zero attached hydrogens (tertiary/aromatic N) is 4. The molecule has 0 unspecified atom stereocenters. The van der Waals surface area contributed by atoms with Gasteiger partial charge in [0, 0.05) is 36.6 Å². The Hall–Kier alpha value is -2.67. The van der Waals surface area contributed by atoms with Crippen molar-refractivity contribution >= 4 is 17.0 Å². The van der Waals surface area contributed by atoms with Gasteiger partial charge in [0.2, 0.25) is 5.95 Å². The van der Waals surface area contributed by atoms with Crippen LogP contribution in [0.15, 0.2) is 30.6 Å². The molecule has 2 aliphatic rings. The van der Waals surface area contributed by atoms with Crippen molar-refractivity contribution in [2.24, 2.45) is 11.8 Å². The summed E-state index contributed by atoms with van der Waals surface area (Å²) < 4.78 is 6.18. The van der Waals surface area contributed by atoms with Gasteiger partial charge in [0.25, 0.3) is 0 Å². The molecule has 7 nitrogen and oxygen atoms in total. The van der Waals surface area contributed by atoms with Gasteiger partial charge in [-0.15, -0.1) is 0 Å². The Labute approximate surface area is 163 Å². The third kappa shape index (κ3) is 3.09. The molecule has 7 heteroatoms. The Morgan fingerprint density at radius 2 is 1.93 bits per heavy atom. The van der Waals surface area contributed by atoms with Gasteiger partial charge in [0.05, 0.1) is 11.8 Å². The fourth-order valence-electron chi connectivity index (χ4n) is 4.62. The average molecular weight is 379 g/mol. The smallest absolute Gasteiger partial charge is 0.227 e. The van der Waals surface area contributed by atoms with Gasteiger partial charge in [0.1, 0.15) is 17.5 Å². The van der Waals surface area contributed by atoms with Crippen LogP contribution >= 0.6 is 0 Å². The topological polar surface area (TPSA) is 87.2 Å². The minimum absolute atomic E-state index is 0.198. The van der Waals surface area contributed by atoms with E-state index in [0.717, 1.165) is 60.1 Å². The zero-order valence-corrected chi connectivity index (χ0v) is 16.2. The van der Waals surface area contributed by atoms with Crippen molar-refractivity contribution in [2.75, 3.05) is 18.0 Å². The van der Waals surface area contributed by atoms with Crippen molar-refractivity contribution in [3.63, 3.8) is 0 Å². The van der Waals surface area contributed by atoms with E-state index in [0.29, 0.717) is 11.8 Å². The van der Waals surface area contributed by atoms with Crippen LogP contribution in [-0.4, -0.2) is 50.3 Å². The number of H-pyrrole nitrogens is 1. The second kappa shape index (κ2) is 6.74. The molecule has 5 rings (SSSR count). The molecule has 3 aromatic rings. The van der Waals surface area contributed by atoms with Crippen molar-refractivity contribution < 1.29 is 9.84 Å². The lowest BCUT2D eigenvalue weighted by Crippen LogP contribution is -2.42. The molecule has 1 saturated heterocycles. The summed E-state index contributed by atoms with van der Waals surface area (Å²) in [6.07, 6.45) is 4.66. The second-order valence-corrected chi connectivity index (χ2v) is 8.11. The largest absolute Gasteiger partial charge is 0.486 e.